The lowest BCUT2D eigenvalue weighted by Gasteiger charge is -2.17. The Hall–Kier alpha value is -3.84. The Bertz CT molecular complexity index is 1440. The Labute approximate surface area is 195 Å². The van der Waals surface area contributed by atoms with E-state index in [2.05, 4.69) is 57.5 Å². The minimum atomic E-state index is -0.941. The maximum absolute atomic E-state index is 12.1. The highest BCUT2D eigenvalue weighted by atomic mass is 32.1. The number of carboxylic acid groups (broad SMARTS) is 1. The van der Waals surface area contributed by atoms with Crippen LogP contribution in [-0.4, -0.2) is 32.1 Å². The van der Waals surface area contributed by atoms with Gasteiger partial charge in [0, 0.05) is 29.3 Å². The molecule has 0 bridgehead atoms. The Morgan fingerprint density at radius 3 is 2.73 bits per heavy atom. The van der Waals surface area contributed by atoms with Crippen molar-refractivity contribution in [2.24, 2.45) is 0 Å². The third-order valence-corrected chi connectivity index (χ3v) is 6.96. The highest BCUT2D eigenvalue weighted by Crippen LogP contribution is 2.43. The van der Waals surface area contributed by atoms with E-state index in [1.54, 1.807) is 23.7 Å². The van der Waals surface area contributed by atoms with Gasteiger partial charge in [0.1, 0.15) is 23.0 Å². The first-order valence-electron chi connectivity index (χ1n) is 10.8. The molecule has 0 saturated carbocycles. The van der Waals surface area contributed by atoms with Crippen LogP contribution in [0.4, 0.5) is 5.82 Å². The zero-order valence-corrected chi connectivity index (χ0v) is 18.8. The number of carbonyl (C=O) groups is 1. The number of thiophene rings is 1. The van der Waals surface area contributed by atoms with Gasteiger partial charge < -0.3 is 10.4 Å². The van der Waals surface area contributed by atoms with E-state index in [0.717, 1.165) is 44.1 Å². The molecule has 1 unspecified atom stereocenters. The van der Waals surface area contributed by atoms with Crippen molar-refractivity contribution < 1.29 is 9.90 Å². The van der Waals surface area contributed by atoms with Crippen molar-refractivity contribution in [1.29, 1.82) is 0 Å². The molecule has 33 heavy (non-hydrogen) atoms. The summed E-state index contributed by atoms with van der Waals surface area (Å²) >= 11 is 1.63. The van der Waals surface area contributed by atoms with Crippen molar-refractivity contribution in [3.05, 3.63) is 83.8 Å². The molecule has 3 aromatic heterocycles. The number of nitrogens with one attached hydrogen (secondary N) is 1. The lowest BCUT2D eigenvalue weighted by Crippen LogP contribution is -2.32. The van der Waals surface area contributed by atoms with E-state index in [-0.39, 0.29) is 0 Å². The lowest BCUT2D eigenvalue weighted by atomic mass is 9.96. The van der Waals surface area contributed by atoms with E-state index >= 15 is 0 Å². The molecule has 0 aliphatic rings. The van der Waals surface area contributed by atoms with Crippen molar-refractivity contribution in [2.45, 2.75) is 25.8 Å². The third-order valence-electron chi connectivity index (χ3n) is 5.71. The van der Waals surface area contributed by atoms with Crippen molar-refractivity contribution in [2.75, 3.05) is 5.32 Å². The molecular formula is C26H22N4O2S. The molecule has 0 aliphatic carbocycles. The highest BCUT2D eigenvalue weighted by molar-refractivity contribution is 7.19. The second-order valence-electron chi connectivity index (χ2n) is 7.78. The molecule has 0 radical (unpaired) electrons. The Morgan fingerprint density at radius 2 is 1.94 bits per heavy atom. The van der Waals surface area contributed by atoms with Gasteiger partial charge in [0.2, 0.25) is 0 Å². The standard InChI is InChI=1S/C26H22N4O2S/c1-2-21-22(19-11-5-9-17-8-3-4-10-18(17)19)23-24(28-15-29-25(23)33-21)30-20(26(31)32)13-16-7-6-12-27-14-16/h3-12,14-15,20H,2,13H2,1H3,(H,31,32)(H,28,29,30). The molecule has 0 fully saturated rings. The summed E-state index contributed by atoms with van der Waals surface area (Å²) in [5.74, 6) is -0.404. The Balaban J connectivity index is 1.66. The van der Waals surface area contributed by atoms with E-state index in [4.69, 9.17) is 0 Å². The number of pyridine rings is 1. The van der Waals surface area contributed by atoms with Crippen LogP contribution in [0, 0.1) is 0 Å². The number of nitrogens with zero attached hydrogens (tertiary/aromatic N) is 3. The summed E-state index contributed by atoms with van der Waals surface area (Å²) < 4.78 is 0. The molecule has 3 heterocycles. The number of hydrogen-bond acceptors (Lipinski definition) is 6. The van der Waals surface area contributed by atoms with Crippen LogP contribution in [0.1, 0.15) is 17.4 Å². The summed E-state index contributed by atoms with van der Waals surface area (Å²) in [6.07, 6.45) is 6.00. The number of rotatable bonds is 7. The monoisotopic (exact) mass is 454 g/mol. The summed E-state index contributed by atoms with van der Waals surface area (Å²) in [4.78, 5) is 27.3. The lowest BCUT2D eigenvalue weighted by molar-refractivity contribution is -0.137. The van der Waals surface area contributed by atoms with Crippen LogP contribution in [-0.2, 0) is 17.6 Å². The predicted molar refractivity (Wildman–Crippen MR) is 133 cm³/mol. The fourth-order valence-corrected chi connectivity index (χ4v) is 5.28. The van der Waals surface area contributed by atoms with Gasteiger partial charge in [-0.05, 0) is 34.4 Å². The number of fused-ring (bicyclic) bond motifs is 2. The van der Waals surface area contributed by atoms with E-state index in [9.17, 15) is 9.90 Å². The van der Waals surface area contributed by atoms with Gasteiger partial charge in [0.25, 0.3) is 0 Å². The SMILES string of the molecule is CCc1sc2ncnc(NC(Cc3cccnc3)C(=O)O)c2c1-c1cccc2ccccc12. The van der Waals surface area contributed by atoms with E-state index < -0.39 is 12.0 Å². The molecular weight excluding hydrogens is 432 g/mol. The molecule has 5 aromatic rings. The van der Waals surface area contributed by atoms with Crippen LogP contribution in [0.5, 0.6) is 0 Å². The molecule has 6 nitrogen and oxygen atoms in total. The topological polar surface area (TPSA) is 88.0 Å². The molecule has 2 aromatic carbocycles. The van der Waals surface area contributed by atoms with Gasteiger partial charge in [-0.1, -0.05) is 55.5 Å². The molecule has 164 valence electrons. The highest BCUT2D eigenvalue weighted by Gasteiger charge is 2.24. The summed E-state index contributed by atoms with van der Waals surface area (Å²) in [5, 5.41) is 16.3. The average Bonchev–Trinajstić information content (AvgIpc) is 3.23. The zero-order chi connectivity index (χ0) is 22.8. The largest absolute Gasteiger partial charge is 0.480 e. The average molecular weight is 455 g/mol. The minimum absolute atomic E-state index is 0.295. The van der Waals surface area contributed by atoms with Crippen LogP contribution in [0.25, 0.3) is 32.1 Å². The van der Waals surface area contributed by atoms with Gasteiger partial charge in [0.15, 0.2) is 0 Å². The molecule has 0 spiro atoms. The van der Waals surface area contributed by atoms with Gasteiger partial charge >= 0.3 is 5.97 Å². The maximum atomic E-state index is 12.1. The summed E-state index contributed by atoms with van der Waals surface area (Å²) in [6.45, 7) is 2.13. The molecule has 1 atom stereocenters. The van der Waals surface area contributed by atoms with Gasteiger partial charge in [-0.2, -0.15) is 0 Å². The molecule has 5 rings (SSSR count). The first-order chi connectivity index (χ1) is 16.2. The van der Waals surface area contributed by atoms with Gasteiger partial charge in [-0.15, -0.1) is 11.3 Å². The van der Waals surface area contributed by atoms with Crippen LogP contribution < -0.4 is 5.32 Å². The van der Waals surface area contributed by atoms with Crippen LogP contribution in [0.2, 0.25) is 0 Å². The number of hydrogen-bond donors (Lipinski definition) is 2. The molecule has 2 N–H and O–H groups in total. The van der Waals surface area contributed by atoms with Crippen molar-refractivity contribution >= 4 is 44.1 Å². The van der Waals surface area contributed by atoms with E-state index in [1.807, 2.05) is 24.3 Å². The van der Waals surface area contributed by atoms with Gasteiger partial charge in [-0.3, -0.25) is 4.98 Å². The smallest absolute Gasteiger partial charge is 0.326 e. The summed E-state index contributed by atoms with van der Waals surface area (Å²) in [6, 6.07) is 17.4. The number of anilines is 1. The van der Waals surface area contributed by atoms with E-state index in [0.29, 0.717) is 12.2 Å². The third kappa shape index (κ3) is 4.03. The molecule has 0 aliphatic heterocycles. The molecule has 7 heteroatoms. The number of benzene rings is 2. The van der Waals surface area contributed by atoms with Gasteiger partial charge in [0.05, 0.1) is 5.39 Å². The van der Waals surface area contributed by atoms with Crippen LogP contribution >= 0.6 is 11.3 Å². The fourth-order valence-electron chi connectivity index (χ4n) is 4.19. The van der Waals surface area contributed by atoms with Gasteiger partial charge in [-0.25, -0.2) is 14.8 Å². The summed E-state index contributed by atoms with van der Waals surface area (Å²) in [7, 11) is 0. The Morgan fingerprint density at radius 1 is 1.09 bits per heavy atom. The number of aryl methyl sites for hydroxylation is 1. The first-order valence-corrected chi connectivity index (χ1v) is 11.6. The maximum Gasteiger partial charge on any atom is 0.326 e. The quantitative estimate of drug-likeness (QED) is 0.334. The molecule has 0 saturated heterocycles. The summed E-state index contributed by atoms with van der Waals surface area (Å²) in [5.41, 5.74) is 3.02. The fraction of sp³-hybridized carbons (Fsp3) is 0.154. The van der Waals surface area contributed by atoms with Crippen LogP contribution in [0.3, 0.4) is 0 Å². The van der Waals surface area contributed by atoms with Crippen LogP contribution in [0.15, 0.2) is 73.3 Å². The van der Waals surface area contributed by atoms with Crippen molar-refractivity contribution in [3.63, 3.8) is 0 Å². The second-order valence-corrected chi connectivity index (χ2v) is 8.87. The number of carboxylic acids is 1. The van der Waals surface area contributed by atoms with Crippen molar-refractivity contribution in [3.8, 4) is 11.1 Å². The minimum Gasteiger partial charge on any atom is -0.480 e. The Kier molecular flexibility index (Phi) is 5.71. The predicted octanol–water partition coefficient (Wildman–Crippen LogP) is 5.58. The normalized spacial score (nSPS) is 12.2. The first kappa shape index (κ1) is 21.0. The zero-order valence-electron chi connectivity index (χ0n) is 18.0. The van der Waals surface area contributed by atoms with Crippen molar-refractivity contribution in [1.82, 2.24) is 15.0 Å². The molecule has 0 amide bonds. The second kappa shape index (κ2) is 8.96. The number of aliphatic carboxylic acids is 1. The van der Waals surface area contributed by atoms with E-state index in [1.165, 1.54) is 11.2 Å². The number of aromatic nitrogens is 3.